The van der Waals surface area contributed by atoms with Crippen LogP contribution in [0.15, 0.2) is 0 Å². The third-order valence-corrected chi connectivity index (χ3v) is 7.65. The zero-order valence-corrected chi connectivity index (χ0v) is 8.40. The Morgan fingerprint density at radius 1 is 1.00 bits per heavy atom. The molecule has 0 atom stereocenters. The molecule has 4 heteroatoms. The molecule has 0 saturated heterocycles. The third kappa shape index (κ3) is 2.58. The molecule has 0 aliphatic rings. The average Bonchev–Trinajstić information content (AvgIpc) is 1.25. The van der Waals surface area contributed by atoms with Gasteiger partial charge >= 0.3 is 0 Å². The van der Waals surface area contributed by atoms with Crippen LogP contribution in [0.3, 0.4) is 0 Å². The van der Waals surface area contributed by atoms with E-state index in [4.69, 9.17) is 34.8 Å². The van der Waals surface area contributed by atoms with Crippen molar-refractivity contribution in [3.05, 3.63) is 0 Å². The van der Waals surface area contributed by atoms with Gasteiger partial charge in [-0.05, 0) is 0 Å². The normalized spacial score (nSPS) is 14.2. The molecule has 0 spiro atoms. The first kappa shape index (κ1) is 9.09. The van der Waals surface area contributed by atoms with E-state index in [-0.39, 0.29) is 0 Å². The number of alkyl halides is 3. The molecule has 0 unspecified atom stereocenters. The zero-order valence-electron chi connectivity index (χ0n) is 5.13. The Hall–Kier alpha value is 1.09. The summed E-state index contributed by atoms with van der Waals surface area (Å²) in [6.45, 7) is 6.04. The van der Waals surface area contributed by atoms with Gasteiger partial charge < -0.3 is 0 Å². The highest BCUT2D eigenvalue weighted by atomic mass is 35.6. The smallest absolute Gasteiger partial charge is 0.0883 e. The molecule has 0 aliphatic carbocycles. The van der Waals surface area contributed by atoms with Crippen molar-refractivity contribution in [3.63, 3.8) is 0 Å². The van der Waals surface area contributed by atoms with Gasteiger partial charge in [-0.3, -0.25) is 0 Å². The van der Waals surface area contributed by atoms with Crippen LogP contribution < -0.4 is 0 Å². The van der Waals surface area contributed by atoms with E-state index in [1.165, 1.54) is 0 Å². The summed E-state index contributed by atoms with van der Waals surface area (Å²) in [6, 6.07) is 0. The standard InChI is InChI=1S/C4H9Cl3Si/c1-8(2,3)4(5,6)7/h1-3H3. The second kappa shape index (κ2) is 2.37. The highest BCUT2D eigenvalue weighted by Crippen LogP contribution is 2.36. The fraction of sp³-hybridized carbons (Fsp3) is 1.00. The molecule has 0 fully saturated rings. The summed E-state index contributed by atoms with van der Waals surface area (Å²) in [7, 11) is -1.56. The van der Waals surface area contributed by atoms with Gasteiger partial charge in [0, 0.05) is 0 Å². The van der Waals surface area contributed by atoms with E-state index in [2.05, 4.69) is 0 Å². The van der Waals surface area contributed by atoms with Crippen molar-refractivity contribution in [1.29, 1.82) is 0 Å². The second-order valence-electron chi connectivity index (χ2n) is 2.75. The quantitative estimate of drug-likeness (QED) is 0.407. The molecule has 0 saturated carbocycles. The number of halogens is 3. The van der Waals surface area contributed by atoms with E-state index in [1.54, 1.807) is 0 Å². The summed E-state index contributed by atoms with van der Waals surface area (Å²) >= 11 is 16.8. The third-order valence-electron chi connectivity index (χ3n) is 0.850. The minimum Gasteiger partial charge on any atom is -0.0883 e. The van der Waals surface area contributed by atoms with E-state index in [0.717, 1.165) is 0 Å². The van der Waals surface area contributed by atoms with Crippen LogP contribution in [0, 0.1) is 0 Å². The lowest BCUT2D eigenvalue weighted by molar-refractivity contribution is 1.49. The Kier molecular flexibility index (Phi) is 2.69. The summed E-state index contributed by atoms with van der Waals surface area (Å²) in [5.74, 6) is 0. The maximum atomic E-state index is 5.60. The number of rotatable bonds is 0. The van der Waals surface area contributed by atoms with E-state index in [0.29, 0.717) is 0 Å². The van der Waals surface area contributed by atoms with Gasteiger partial charge in [0.1, 0.15) is 8.07 Å². The molecule has 0 aromatic heterocycles. The molecule has 0 aromatic rings. The highest BCUT2D eigenvalue weighted by molar-refractivity contribution is 7.03. The topological polar surface area (TPSA) is 0 Å². The Labute approximate surface area is 66.1 Å². The van der Waals surface area contributed by atoms with Crippen LogP contribution in [0.1, 0.15) is 0 Å². The first-order chi connectivity index (χ1) is 3.25. The summed E-state index contributed by atoms with van der Waals surface area (Å²) in [6.07, 6.45) is 0. The van der Waals surface area contributed by atoms with Gasteiger partial charge in [-0.2, -0.15) is 0 Å². The Balaban J connectivity index is 4.02. The fourth-order valence-corrected chi connectivity index (χ4v) is 0. The molecule has 0 rings (SSSR count). The van der Waals surface area contributed by atoms with Crippen molar-refractivity contribution in [2.45, 2.75) is 23.1 Å². The highest BCUT2D eigenvalue weighted by Gasteiger charge is 2.37. The lowest BCUT2D eigenvalue weighted by Gasteiger charge is -2.24. The Morgan fingerprint density at radius 2 is 1.12 bits per heavy atom. The number of hydrogen-bond donors (Lipinski definition) is 0. The van der Waals surface area contributed by atoms with Gasteiger partial charge in [-0.25, -0.2) is 0 Å². The molecule has 0 aliphatic heterocycles. The minimum absolute atomic E-state index is 1.01. The lowest BCUT2D eigenvalue weighted by atomic mass is 11.7. The monoisotopic (exact) mass is 190 g/mol. The van der Waals surface area contributed by atoms with Crippen LogP contribution in [0.2, 0.25) is 19.6 Å². The van der Waals surface area contributed by atoms with Crippen molar-refractivity contribution in [3.8, 4) is 0 Å². The molecule has 0 bridgehead atoms. The van der Waals surface area contributed by atoms with Crippen LogP contribution in [-0.4, -0.2) is 11.5 Å². The first-order valence-electron chi connectivity index (χ1n) is 2.32. The molecule has 0 radical (unpaired) electrons. The van der Waals surface area contributed by atoms with Gasteiger partial charge in [0.2, 0.25) is 0 Å². The van der Waals surface area contributed by atoms with E-state index >= 15 is 0 Å². The lowest BCUT2D eigenvalue weighted by Crippen LogP contribution is -2.38. The predicted molar refractivity (Wildman–Crippen MR) is 43.6 cm³/mol. The van der Waals surface area contributed by atoms with Crippen molar-refractivity contribution in [2.75, 3.05) is 0 Å². The van der Waals surface area contributed by atoms with Crippen molar-refractivity contribution in [1.82, 2.24) is 0 Å². The summed E-state index contributed by atoms with van der Waals surface area (Å²) in [5.41, 5.74) is 0. The average molecular weight is 192 g/mol. The van der Waals surface area contributed by atoms with Crippen LogP contribution >= 0.6 is 34.8 Å². The van der Waals surface area contributed by atoms with Crippen LogP contribution in [0.5, 0.6) is 0 Å². The molecule has 0 aromatic carbocycles. The van der Waals surface area contributed by atoms with Crippen molar-refractivity contribution >= 4 is 42.9 Å². The Bertz CT molecular complexity index is 66.3. The van der Waals surface area contributed by atoms with Gasteiger partial charge in [0.05, 0.1) is 0 Å². The molecular weight excluding hydrogens is 182 g/mol. The van der Waals surface area contributed by atoms with E-state index in [9.17, 15) is 0 Å². The maximum Gasteiger partial charge on any atom is 0.175 e. The molecule has 0 nitrogen and oxygen atoms in total. The largest absolute Gasteiger partial charge is 0.175 e. The zero-order chi connectivity index (χ0) is 7.00. The van der Waals surface area contributed by atoms with E-state index < -0.39 is 11.5 Å². The molecule has 8 heavy (non-hydrogen) atoms. The van der Waals surface area contributed by atoms with Crippen LogP contribution in [0.4, 0.5) is 0 Å². The van der Waals surface area contributed by atoms with Gasteiger partial charge in [-0.15, -0.1) is 0 Å². The summed E-state index contributed by atoms with van der Waals surface area (Å²) in [4.78, 5) is 0. The van der Waals surface area contributed by atoms with Gasteiger partial charge in [0.25, 0.3) is 0 Å². The van der Waals surface area contributed by atoms with Crippen molar-refractivity contribution < 1.29 is 0 Å². The van der Waals surface area contributed by atoms with Crippen LogP contribution in [0.25, 0.3) is 0 Å². The Morgan fingerprint density at radius 3 is 1.12 bits per heavy atom. The molecule has 0 N–H and O–H groups in total. The fourth-order valence-electron chi connectivity index (χ4n) is 0. The van der Waals surface area contributed by atoms with E-state index in [1.807, 2.05) is 19.6 Å². The maximum absolute atomic E-state index is 5.60. The minimum atomic E-state index is -1.56. The summed E-state index contributed by atoms with van der Waals surface area (Å²) in [5, 5.41) is 0. The second-order valence-corrected chi connectivity index (χ2v) is 11.2. The van der Waals surface area contributed by atoms with Gasteiger partial charge in [0.15, 0.2) is 3.42 Å². The SMILES string of the molecule is C[Si](C)(C)C(Cl)(Cl)Cl. The molecule has 0 heterocycles. The summed E-state index contributed by atoms with van der Waals surface area (Å²) < 4.78 is -1.01. The van der Waals surface area contributed by atoms with Crippen LogP contribution in [-0.2, 0) is 0 Å². The molecular formula is C4H9Cl3Si. The number of hydrogen-bond acceptors (Lipinski definition) is 0. The van der Waals surface area contributed by atoms with Crippen molar-refractivity contribution in [2.24, 2.45) is 0 Å². The first-order valence-corrected chi connectivity index (χ1v) is 6.95. The molecule has 50 valence electrons. The van der Waals surface area contributed by atoms with Gasteiger partial charge in [-0.1, -0.05) is 54.4 Å². The predicted octanol–water partition coefficient (Wildman–Crippen LogP) is 3.23. The molecule has 0 amide bonds.